The monoisotopic (exact) mass is 268 g/mol. The standard InChI is InChI=1S/C13H24N4O2/c1-6-9(3)8-10(4)14-13-12(17(18)19)11(7-2)15-16(13)5/h9-10,14H,6-8H2,1-5H3. The van der Waals surface area contributed by atoms with Crippen molar-refractivity contribution < 1.29 is 4.92 Å². The Balaban J connectivity index is 2.94. The van der Waals surface area contributed by atoms with Gasteiger partial charge in [0.05, 0.1) is 4.92 Å². The quantitative estimate of drug-likeness (QED) is 0.609. The second-order valence-corrected chi connectivity index (χ2v) is 5.17. The Morgan fingerprint density at radius 2 is 2.05 bits per heavy atom. The van der Waals surface area contributed by atoms with Crippen molar-refractivity contribution in [2.45, 2.75) is 53.0 Å². The van der Waals surface area contributed by atoms with Gasteiger partial charge in [-0.15, -0.1) is 0 Å². The summed E-state index contributed by atoms with van der Waals surface area (Å²) in [4.78, 5) is 10.8. The van der Waals surface area contributed by atoms with Gasteiger partial charge >= 0.3 is 5.69 Å². The van der Waals surface area contributed by atoms with Gasteiger partial charge in [0, 0.05) is 13.1 Å². The number of anilines is 1. The Hall–Kier alpha value is -1.59. The Morgan fingerprint density at radius 1 is 1.42 bits per heavy atom. The maximum absolute atomic E-state index is 11.2. The zero-order valence-corrected chi connectivity index (χ0v) is 12.4. The lowest BCUT2D eigenvalue weighted by Gasteiger charge is -2.18. The van der Waals surface area contributed by atoms with E-state index in [9.17, 15) is 10.1 Å². The molecule has 19 heavy (non-hydrogen) atoms. The average molecular weight is 268 g/mol. The molecule has 0 amide bonds. The molecule has 2 atom stereocenters. The lowest BCUT2D eigenvalue weighted by atomic mass is 10.0. The predicted octanol–water partition coefficient (Wildman–Crippen LogP) is 3.13. The molecule has 6 nitrogen and oxygen atoms in total. The minimum Gasteiger partial charge on any atom is -0.362 e. The van der Waals surface area contributed by atoms with E-state index in [1.807, 2.05) is 6.92 Å². The molecule has 0 aromatic carbocycles. The lowest BCUT2D eigenvalue weighted by molar-refractivity contribution is -0.384. The van der Waals surface area contributed by atoms with Gasteiger partial charge in [-0.25, -0.2) is 4.68 Å². The van der Waals surface area contributed by atoms with Crippen LogP contribution in [-0.2, 0) is 13.5 Å². The second kappa shape index (κ2) is 6.54. The fourth-order valence-corrected chi connectivity index (χ4v) is 2.22. The molecule has 0 aliphatic heterocycles. The first-order valence-corrected chi connectivity index (χ1v) is 6.87. The summed E-state index contributed by atoms with van der Waals surface area (Å²) in [5.41, 5.74) is 0.645. The summed E-state index contributed by atoms with van der Waals surface area (Å²) in [7, 11) is 1.74. The van der Waals surface area contributed by atoms with E-state index in [2.05, 4.69) is 31.2 Å². The van der Waals surface area contributed by atoms with Crippen LogP contribution in [-0.4, -0.2) is 20.7 Å². The summed E-state index contributed by atoms with van der Waals surface area (Å²) in [6.45, 7) is 8.27. The van der Waals surface area contributed by atoms with Crippen molar-refractivity contribution in [2.75, 3.05) is 5.32 Å². The van der Waals surface area contributed by atoms with Crippen LogP contribution in [0.3, 0.4) is 0 Å². The second-order valence-electron chi connectivity index (χ2n) is 5.17. The van der Waals surface area contributed by atoms with Gasteiger partial charge < -0.3 is 5.32 Å². The summed E-state index contributed by atoms with van der Waals surface area (Å²) >= 11 is 0. The minimum atomic E-state index is -0.343. The van der Waals surface area contributed by atoms with E-state index < -0.39 is 0 Å². The Labute approximate surface area is 114 Å². The van der Waals surface area contributed by atoms with Gasteiger partial charge in [-0.1, -0.05) is 27.2 Å². The third-order valence-corrected chi connectivity index (χ3v) is 3.45. The molecule has 108 valence electrons. The number of hydrogen-bond acceptors (Lipinski definition) is 4. The molecule has 0 aliphatic rings. The van der Waals surface area contributed by atoms with Gasteiger partial charge in [0.2, 0.25) is 5.82 Å². The molecule has 1 rings (SSSR count). The first-order chi connectivity index (χ1) is 8.90. The first kappa shape index (κ1) is 15.5. The fraction of sp³-hybridized carbons (Fsp3) is 0.769. The number of rotatable bonds is 7. The van der Waals surface area contributed by atoms with Crippen LogP contribution in [0.5, 0.6) is 0 Å². The number of nitro groups is 1. The van der Waals surface area contributed by atoms with E-state index in [-0.39, 0.29) is 16.7 Å². The Kier molecular flexibility index (Phi) is 5.32. The number of aryl methyl sites for hydroxylation is 2. The van der Waals surface area contributed by atoms with Crippen molar-refractivity contribution in [3.63, 3.8) is 0 Å². The van der Waals surface area contributed by atoms with Gasteiger partial charge in [0.1, 0.15) is 5.69 Å². The summed E-state index contributed by atoms with van der Waals surface area (Å²) in [5, 5.41) is 18.6. The van der Waals surface area contributed by atoms with Crippen molar-refractivity contribution in [1.82, 2.24) is 9.78 Å². The van der Waals surface area contributed by atoms with Crippen LogP contribution < -0.4 is 5.32 Å². The van der Waals surface area contributed by atoms with Crippen LogP contribution in [0.2, 0.25) is 0 Å². The number of aromatic nitrogens is 2. The smallest absolute Gasteiger partial charge is 0.333 e. The molecular formula is C13H24N4O2. The van der Waals surface area contributed by atoms with Crippen LogP contribution in [0.4, 0.5) is 11.5 Å². The maximum atomic E-state index is 11.2. The highest BCUT2D eigenvalue weighted by Crippen LogP contribution is 2.29. The molecule has 1 N–H and O–H groups in total. The van der Waals surface area contributed by atoms with E-state index in [1.54, 1.807) is 11.7 Å². The molecule has 0 spiro atoms. The molecule has 0 saturated carbocycles. The van der Waals surface area contributed by atoms with E-state index in [1.165, 1.54) is 0 Å². The highest BCUT2D eigenvalue weighted by molar-refractivity contribution is 5.60. The molecule has 0 aliphatic carbocycles. The third kappa shape index (κ3) is 3.68. The van der Waals surface area contributed by atoms with Gasteiger partial charge in [0.25, 0.3) is 0 Å². The summed E-state index contributed by atoms with van der Waals surface area (Å²) in [6, 6.07) is 0.189. The van der Waals surface area contributed by atoms with Gasteiger partial charge in [-0.3, -0.25) is 10.1 Å². The van der Waals surface area contributed by atoms with E-state index in [0.29, 0.717) is 23.9 Å². The first-order valence-electron chi connectivity index (χ1n) is 6.87. The van der Waals surface area contributed by atoms with E-state index in [0.717, 1.165) is 12.8 Å². The van der Waals surface area contributed by atoms with Gasteiger partial charge in [-0.2, -0.15) is 5.10 Å². The van der Waals surface area contributed by atoms with Gasteiger partial charge in [0.15, 0.2) is 0 Å². The van der Waals surface area contributed by atoms with Crippen LogP contribution in [0, 0.1) is 16.0 Å². The normalized spacial score (nSPS) is 14.2. The van der Waals surface area contributed by atoms with Crippen molar-refractivity contribution in [1.29, 1.82) is 0 Å². The molecule has 6 heteroatoms. The zero-order valence-electron chi connectivity index (χ0n) is 12.4. The highest BCUT2D eigenvalue weighted by atomic mass is 16.6. The largest absolute Gasteiger partial charge is 0.362 e. The Morgan fingerprint density at radius 3 is 2.53 bits per heavy atom. The highest BCUT2D eigenvalue weighted by Gasteiger charge is 2.26. The number of nitrogens with zero attached hydrogens (tertiary/aromatic N) is 3. The molecule has 1 aromatic heterocycles. The van der Waals surface area contributed by atoms with Crippen LogP contribution in [0.25, 0.3) is 0 Å². The van der Waals surface area contributed by atoms with Crippen LogP contribution >= 0.6 is 0 Å². The third-order valence-electron chi connectivity index (χ3n) is 3.45. The maximum Gasteiger partial charge on any atom is 0.333 e. The lowest BCUT2D eigenvalue weighted by Crippen LogP contribution is -2.20. The van der Waals surface area contributed by atoms with Crippen molar-refractivity contribution in [3.8, 4) is 0 Å². The van der Waals surface area contributed by atoms with E-state index >= 15 is 0 Å². The number of nitrogens with one attached hydrogen (secondary N) is 1. The van der Waals surface area contributed by atoms with Crippen molar-refractivity contribution in [2.24, 2.45) is 13.0 Å². The summed E-state index contributed by atoms with van der Waals surface area (Å²) in [5.74, 6) is 1.11. The molecule has 0 radical (unpaired) electrons. The van der Waals surface area contributed by atoms with Crippen molar-refractivity contribution >= 4 is 11.5 Å². The fourth-order valence-electron chi connectivity index (χ4n) is 2.22. The molecular weight excluding hydrogens is 244 g/mol. The predicted molar refractivity (Wildman–Crippen MR) is 76.4 cm³/mol. The molecule has 0 saturated heterocycles. The summed E-state index contributed by atoms with van der Waals surface area (Å²) in [6.07, 6.45) is 2.66. The molecule has 2 unspecified atom stereocenters. The molecule has 0 fully saturated rings. The molecule has 1 heterocycles. The minimum absolute atomic E-state index is 0.112. The van der Waals surface area contributed by atoms with Crippen LogP contribution in [0.15, 0.2) is 0 Å². The van der Waals surface area contributed by atoms with E-state index in [4.69, 9.17) is 0 Å². The van der Waals surface area contributed by atoms with Crippen LogP contribution in [0.1, 0.15) is 46.2 Å². The summed E-state index contributed by atoms with van der Waals surface area (Å²) < 4.78 is 1.57. The Bertz CT molecular complexity index is 442. The zero-order chi connectivity index (χ0) is 14.6. The van der Waals surface area contributed by atoms with Crippen molar-refractivity contribution in [3.05, 3.63) is 15.8 Å². The average Bonchev–Trinajstić information content (AvgIpc) is 2.65. The van der Waals surface area contributed by atoms with Gasteiger partial charge in [-0.05, 0) is 25.7 Å². The molecule has 0 bridgehead atoms. The molecule has 1 aromatic rings. The SMILES string of the molecule is CCc1nn(C)c(NC(C)CC(C)CC)c1[N+](=O)[O-]. The topological polar surface area (TPSA) is 73.0 Å². The number of hydrogen-bond donors (Lipinski definition) is 1.